The molecular weight excluding hydrogens is 320 g/mol. The number of carbonyl (C=O) groups excluding carboxylic acids is 1. The zero-order valence-electron chi connectivity index (χ0n) is 15.2. The van der Waals surface area contributed by atoms with E-state index in [1.54, 1.807) is 18.4 Å². The van der Waals surface area contributed by atoms with Gasteiger partial charge in [-0.3, -0.25) is 4.79 Å². The first-order valence-corrected chi connectivity index (χ1v) is 10.9. The average molecular weight is 349 g/mol. The van der Waals surface area contributed by atoms with E-state index in [1.807, 2.05) is 18.2 Å². The summed E-state index contributed by atoms with van der Waals surface area (Å²) in [6, 6.07) is 7.15. The third-order valence-corrected chi connectivity index (χ3v) is 8.63. The number of hydrogen-bond donors (Lipinski definition) is 0. The lowest BCUT2D eigenvalue weighted by Crippen LogP contribution is -2.41. The van der Waals surface area contributed by atoms with Gasteiger partial charge in [-0.25, -0.2) is 0 Å². The summed E-state index contributed by atoms with van der Waals surface area (Å²) in [5, 5.41) is 0.207. The van der Waals surface area contributed by atoms with Gasteiger partial charge in [-0.05, 0) is 48.8 Å². The van der Waals surface area contributed by atoms with Gasteiger partial charge in [0.25, 0.3) is 0 Å². The van der Waals surface area contributed by atoms with Crippen LogP contribution in [-0.4, -0.2) is 14.6 Å². The van der Waals surface area contributed by atoms with Crippen LogP contribution in [0.2, 0.25) is 18.1 Å². The van der Waals surface area contributed by atoms with Gasteiger partial charge in [0.1, 0.15) is 11.9 Å². The van der Waals surface area contributed by atoms with Crippen LogP contribution in [0.3, 0.4) is 0 Å². The molecule has 0 saturated heterocycles. The second kappa shape index (κ2) is 8.85. The van der Waals surface area contributed by atoms with Crippen LogP contribution in [0, 0.1) is 0 Å². The van der Waals surface area contributed by atoms with Crippen LogP contribution in [0.4, 0.5) is 0 Å². The molecule has 0 aliphatic carbocycles. The van der Waals surface area contributed by atoms with E-state index in [4.69, 9.17) is 8.84 Å². The van der Waals surface area contributed by atoms with Crippen LogP contribution in [0.5, 0.6) is 0 Å². The van der Waals surface area contributed by atoms with E-state index in [2.05, 4.69) is 44.9 Å². The predicted octanol–water partition coefficient (Wildman–Crippen LogP) is 6.01. The lowest BCUT2D eigenvalue weighted by atomic mass is 10.2. The molecule has 0 aromatic carbocycles. The highest BCUT2D eigenvalue weighted by molar-refractivity contribution is 6.74. The van der Waals surface area contributed by atoms with Crippen molar-refractivity contribution in [2.24, 2.45) is 0 Å². The summed E-state index contributed by atoms with van der Waals surface area (Å²) in [6.45, 7) is 15.0. The summed E-state index contributed by atoms with van der Waals surface area (Å²) in [5.41, 5.74) is 0. The molecule has 0 saturated carbocycles. The van der Waals surface area contributed by atoms with Crippen molar-refractivity contribution in [2.45, 2.75) is 51.4 Å². The minimum absolute atomic E-state index is 0.00314. The van der Waals surface area contributed by atoms with Crippen molar-refractivity contribution < 1.29 is 18.1 Å². The predicted molar refractivity (Wildman–Crippen MR) is 98.6 cm³/mol. The molecule has 24 heavy (non-hydrogen) atoms. The van der Waals surface area contributed by atoms with Crippen LogP contribution in [0.1, 0.15) is 49.6 Å². The third-order valence-electron chi connectivity index (χ3n) is 4.14. The monoisotopic (exact) mass is 348 g/mol. The molecule has 0 bridgehead atoms. The summed E-state index contributed by atoms with van der Waals surface area (Å²) >= 11 is 0. The van der Waals surface area contributed by atoms with Crippen molar-refractivity contribution in [1.82, 2.24) is 0 Å². The number of furan rings is 2. The molecule has 4 nitrogen and oxygen atoms in total. The summed E-state index contributed by atoms with van der Waals surface area (Å²) in [6.07, 6.45) is 6.51. The fourth-order valence-corrected chi connectivity index (χ4v) is 3.02. The van der Waals surface area contributed by atoms with Crippen LogP contribution in [0.25, 0.3) is 0 Å². The molecule has 2 rings (SSSR count). The minimum Gasteiger partial charge on any atom is -0.467 e. The molecule has 0 aliphatic heterocycles. The van der Waals surface area contributed by atoms with E-state index in [-0.39, 0.29) is 11.1 Å². The summed E-state index contributed by atoms with van der Waals surface area (Å²) in [7, 11) is -1.77. The Bertz CT molecular complexity index is 592. The quantitative estimate of drug-likeness (QED) is 0.364. The Morgan fingerprint density at radius 1 is 1.21 bits per heavy atom. The Morgan fingerprint density at radius 3 is 2.21 bits per heavy atom. The summed E-state index contributed by atoms with van der Waals surface area (Å²) in [4.78, 5) is 9.77. The van der Waals surface area contributed by atoms with Crippen molar-refractivity contribution in [2.75, 3.05) is 0 Å². The molecule has 1 atom stereocenters. The fraction of sp³-hybridized carbons (Fsp3) is 0.421. The molecule has 0 radical (unpaired) electrons. The highest BCUT2D eigenvalue weighted by Crippen LogP contribution is 2.40. The lowest BCUT2D eigenvalue weighted by molar-refractivity contribution is 0.110. The zero-order chi connectivity index (χ0) is 18.2. The zero-order valence-corrected chi connectivity index (χ0v) is 16.2. The van der Waals surface area contributed by atoms with Crippen molar-refractivity contribution in [3.8, 4) is 0 Å². The highest BCUT2D eigenvalue weighted by Gasteiger charge is 2.39. The second-order valence-corrected chi connectivity index (χ2v) is 11.8. The molecule has 2 aromatic heterocycles. The minimum atomic E-state index is -1.77. The highest BCUT2D eigenvalue weighted by atomic mass is 28.4. The van der Waals surface area contributed by atoms with Gasteiger partial charge >= 0.3 is 0 Å². The van der Waals surface area contributed by atoms with E-state index < -0.39 is 8.32 Å². The molecule has 132 valence electrons. The molecule has 0 N–H and O–H groups in total. The average Bonchev–Trinajstić information content (AvgIpc) is 3.19. The standard InChI is InChI=1S/C14H24O2Si.C5H4O2/c1-7-9-13(12-10-8-11-15-12)16-17(5,6)14(2,3)4;6-4-5-2-1-3-7-5/h7-8,10-11,13H,1,9H2,2-6H3;1-4H. The topological polar surface area (TPSA) is 52.6 Å². The normalized spacial score (nSPS) is 12.9. The lowest BCUT2D eigenvalue weighted by Gasteiger charge is -2.38. The largest absolute Gasteiger partial charge is 0.467 e. The first-order valence-electron chi connectivity index (χ1n) is 8.02. The second-order valence-electron chi connectivity index (χ2n) is 7.04. The molecule has 0 fully saturated rings. The van der Waals surface area contributed by atoms with Crippen molar-refractivity contribution in [3.63, 3.8) is 0 Å². The van der Waals surface area contributed by atoms with Gasteiger partial charge in [-0.2, -0.15) is 0 Å². The maximum atomic E-state index is 9.77. The van der Waals surface area contributed by atoms with Gasteiger partial charge in [-0.15, -0.1) is 6.58 Å². The smallest absolute Gasteiger partial charge is 0.193 e. The van der Waals surface area contributed by atoms with E-state index in [0.29, 0.717) is 12.0 Å². The van der Waals surface area contributed by atoms with Gasteiger partial charge in [0.2, 0.25) is 0 Å². The van der Waals surface area contributed by atoms with Gasteiger partial charge in [0.05, 0.1) is 12.5 Å². The molecule has 0 aliphatic rings. The Labute approximate surface area is 145 Å². The Kier molecular flexibility index (Phi) is 7.44. The van der Waals surface area contributed by atoms with Crippen LogP contribution >= 0.6 is 0 Å². The Balaban J connectivity index is 0.000000341. The van der Waals surface area contributed by atoms with Crippen molar-refractivity contribution in [1.29, 1.82) is 0 Å². The summed E-state index contributed by atoms with van der Waals surface area (Å²) < 4.78 is 16.4. The maximum Gasteiger partial charge on any atom is 0.193 e. The van der Waals surface area contributed by atoms with Gasteiger partial charge in [0.15, 0.2) is 20.4 Å². The van der Waals surface area contributed by atoms with E-state index in [9.17, 15) is 4.79 Å². The maximum absolute atomic E-state index is 9.77. The van der Waals surface area contributed by atoms with Crippen LogP contribution in [0.15, 0.2) is 58.3 Å². The van der Waals surface area contributed by atoms with Gasteiger partial charge in [-0.1, -0.05) is 26.8 Å². The van der Waals surface area contributed by atoms with Crippen molar-refractivity contribution >= 4 is 14.6 Å². The van der Waals surface area contributed by atoms with Crippen molar-refractivity contribution in [3.05, 3.63) is 61.0 Å². The van der Waals surface area contributed by atoms with E-state index in [1.165, 1.54) is 6.26 Å². The number of aldehydes is 1. The number of carbonyl (C=O) groups is 1. The van der Waals surface area contributed by atoms with Gasteiger partial charge in [0, 0.05) is 0 Å². The summed E-state index contributed by atoms with van der Waals surface area (Å²) in [5.74, 6) is 1.27. The number of hydrogen-bond acceptors (Lipinski definition) is 4. The molecular formula is C19H28O4Si. The first-order chi connectivity index (χ1) is 11.2. The first kappa shape index (κ1) is 20.2. The van der Waals surface area contributed by atoms with Crippen LogP contribution in [-0.2, 0) is 4.43 Å². The van der Waals surface area contributed by atoms with E-state index >= 15 is 0 Å². The Morgan fingerprint density at radius 2 is 1.83 bits per heavy atom. The third kappa shape index (κ3) is 5.98. The number of rotatable bonds is 6. The van der Waals surface area contributed by atoms with Crippen LogP contribution < -0.4 is 0 Å². The molecule has 2 heterocycles. The van der Waals surface area contributed by atoms with E-state index in [0.717, 1.165) is 12.2 Å². The SMILES string of the molecule is C=CCC(O[Si](C)(C)C(C)(C)C)c1ccco1.O=Cc1ccco1. The molecule has 5 heteroatoms. The Hall–Kier alpha value is -1.85. The van der Waals surface area contributed by atoms with Gasteiger partial charge < -0.3 is 13.3 Å². The molecule has 0 spiro atoms. The molecule has 0 amide bonds. The fourth-order valence-electron chi connectivity index (χ4n) is 1.74. The molecule has 1 unspecified atom stereocenters. The molecule has 2 aromatic rings.